The molecule has 8 heteroatoms. The fourth-order valence-corrected chi connectivity index (χ4v) is 5.39. The normalized spacial score (nSPS) is 31.3. The van der Waals surface area contributed by atoms with E-state index in [9.17, 15) is 9.59 Å². The molecule has 2 aromatic heterocycles. The highest BCUT2D eigenvalue weighted by molar-refractivity contribution is 5.93. The van der Waals surface area contributed by atoms with Gasteiger partial charge in [0.2, 0.25) is 11.8 Å². The monoisotopic (exact) mass is 417 g/mol. The van der Waals surface area contributed by atoms with Crippen LogP contribution >= 0.6 is 0 Å². The fourth-order valence-electron chi connectivity index (χ4n) is 5.39. The third-order valence-corrected chi connectivity index (χ3v) is 7.00. The summed E-state index contributed by atoms with van der Waals surface area (Å²) in [6, 6.07) is 3.96. The molecule has 0 radical (unpaired) electrons. The summed E-state index contributed by atoms with van der Waals surface area (Å²) in [5, 5.41) is 0. The Balaban J connectivity index is 1.18. The number of ether oxygens (including phenoxy) is 1. The maximum atomic E-state index is 13.4. The molecule has 2 aromatic rings. The number of likely N-dealkylation sites (tertiary alicyclic amines) is 2. The number of hydrogen-bond acceptors (Lipinski definition) is 6. The largest absolute Gasteiger partial charge is 0.360 e. The third kappa shape index (κ3) is 2.81. The molecule has 4 atom stereocenters. The topological polar surface area (TPSA) is 88.5 Å². The van der Waals surface area contributed by atoms with Crippen LogP contribution in [-0.4, -0.2) is 67.9 Å². The molecule has 6 rings (SSSR count). The molecular formula is C23H23N5O3. The van der Waals surface area contributed by atoms with Crippen LogP contribution in [0, 0.1) is 18.8 Å². The van der Waals surface area contributed by atoms with E-state index >= 15 is 0 Å². The van der Waals surface area contributed by atoms with Gasteiger partial charge in [-0.1, -0.05) is 18.2 Å². The lowest BCUT2D eigenvalue weighted by molar-refractivity contribution is -0.146. The summed E-state index contributed by atoms with van der Waals surface area (Å²) in [5.74, 6) is -0.631. The summed E-state index contributed by atoms with van der Waals surface area (Å²) in [5.41, 5.74) is 2.02. The highest BCUT2D eigenvalue weighted by Crippen LogP contribution is 2.53. The summed E-state index contributed by atoms with van der Waals surface area (Å²) < 4.78 is 6.24. The van der Waals surface area contributed by atoms with Gasteiger partial charge >= 0.3 is 0 Å². The molecule has 4 aliphatic heterocycles. The molecule has 31 heavy (non-hydrogen) atoms. The molecule has 158 valence electrons. The van der Waals surface area contributed by atoms with Crippen molar-refractivity contribution in [3.8, 4) is 0 Å². The minimum Gasteiger partial charge on any atom is -0.360 e. The third-order valence-electron chi connectivity index (χ3n) is 7.00. The number of aryl methyl sites for hydroxylation is 1. The van der Waals surface area contributed by atoms with Crippen LogP contribution in [0.25, 0.3) is 0 Å². The second-order valence-electron chi connectivity index (χ2n) is 8.97. The van der Waals surface area contributed by atoms with Gasteiger partial charge in [0.1, 0.15) is 5.60 Å². The molecule has 1 spiro atoms. The van der Waals surface area contributed by atoms with Crippen LogP contribution < -0.4 is 0 Å². The molecule has 3 fully saturated rings. The first-order valence-electron chi connectivity index (χ1n) is 10.7. The van der Waals surface area contributed by atoms with Gasteiger partial charge in [-0.2, -0.15) is 0 Å². The minimum absolute atomic E-state index is 0.0201. The van der Waals surface area contributed by atoms with Crippen LogP contribution in [0.1, 0.15) is 22.9 Å². The van der Waals surface area contributed by atoms with E-state index in [-0.39, 0.29) is 17.9 Å². The van der Waals surface area contributed by atoms with E-state index in [1.807, 2.05) is 42.3 Å². The van der Waals surface area contributed by atoms with E-state index in [1.165, 1.54) is 0 Å². The van der Waals surface area contributed by atoms with Crippen molar-refractivity contribution >= 4 is 11.8 Å². The van der Waals surface area contributed by atoms with Gasteiger partial charge in [0.05, 0.1) is 48.6 Å². The standard InChI is InChI=1S/C23H23N5O3/c1-14-7-26-17(9-25-14)12-28-13-23-5-4-18(31-23)19(20(23)22(28)30)21(29)27-10-16(11-27)15-3-2-6-24-8-15/h2-9,16,18-20H,10-13H2,1H3/t18-,19-,20-,23-/m0/s1. The Bertz CT molecular complexity index is 1070. The van der Waals surface area contributed by atoms with E-state index in [0.717, 1.165) is 17.0 Å². The van der Waals surface area contributed by atoms with Gasteiger partial charge in [-0.25, -0.2) is 0 Å². The maximum absolute atomic E-state index is 13.4. The van der Waals surface area contributed by atoms with Crippen molar-refractivity contribution in [1.29, 1.82) is 0 Å². The number of aromatic nitrogens is 3. The molecular weight excluding hydrogens is 394 g/mol. The first kappa shape index (κ1) is 18.6. The Morgan fingerprint density at radius 1 is 1.26 bits per heavy atom. The first-order chi connectivity index (χ1) is 15.0. The fraction of sp³-hybridized carbons (Fsp3) is 0.435. The lowest BCUT2D eigenvalue weighted by atomic mass is 9.75. The minimum atomic E-state index is -0.701. The summed E-state index contributed by atoms with van der Waals surface area (Å²) in [7, 11) is 0. The van der Waals surface area contributed by atoms with Crippen LogP contribution in [0.4, 0.5) is 0 Å². The van der Waals surface area contributed by atoms with Gasteiger partial charge in [-0.3, -0.25) is 24.5 Å². The van der Waals surface area contributed by atoms with Crippen LogP contribution in [0.3, 0.4) is 0 Å². The number of carbonyl (C=O) groups is 2. The van der Waals surface area contributed by atoms with Crippen molar-refractivity contribution in [3.63, 3.8) is 0 Å². The van der Waals surface area contributed by atoms with Crippen LogP contribution in [0.2, 0.25) is 0 Å². The van der Waals surface area contributed by atoms with E-state index in [0.29, 0.717) is 32.1 Å². The van der Waals surface area contributed by atoms with Gasteiger partial charge in [0, 0.05) is 37.6 Å². The zero-order chi connectivity index (χ0) is 21.2. The zero-order valence-electron chi connectivity index (χ0n) is 17.2. The highest BCUT2D eigenvalue weighted by Gasteiger charge is 2.67. The number of amides is 2. The van der Waals surface area contributed by atoms with E-state index in [2.05, 4.69) is 15.0 Å². The molecule has 2 amide bonds. The number of carbonyl (C=O) groups excluding carboxylic acids is 2. The Hall–Kier alpha value is -3.13. The lowest BCUT2D eigenvalue weighted by Gasteiger charge is -2.42. The average molecular weight is 417 g/mol. The molecule has 8 nitrogen and oxygen atoms in total. The quantitative estimate of drug-likeness (QED) is 0.692. The number of pyridine rings is 1. The van der Waals surface area contributed by atoms with E-state index in [4.69, 9.17) is 4.74 Å². The number of fused-ring (bicyclic) bond motifs is 1. The van der Waals surface area contributed by atoms with E-state index < -0.39 is 17.4 Å². The van der Waals surface area contributed by atoms with Gasteiger partial charge in [-0.05, 0) is 18.6 Å². The second-order valence-corrected chi connectivity index (χ2v) is 8.97. The van der Waals surface area contributed by atoms with Crippen molar-refractivity contribution < 1.29 is 14.3 Å². The Morgan fingerprint density at radius 3 is 2.87 bits per heavy atom. The molecule has 6 heterocycles. The van der Waals surface area contributed by atoms with Crippen LogP contribution in [-0.2, 0) is 20.9 Å². The molecule has 4 aliphatic rings. The average Bonchev–Trinajstić information content (AvgIpc) is 3.38. The van der Waals surface area contributed by atoms with Crippen molar-refractivity contribution in [2.45, 2.75) is 31.1 Å². The summed E-state index contributed by atoms with van der Waals surface area (Å²) in [4.78, 5) is 43.2. The van der Waals surface area contributed by atoms with Crippen LogP contribution in [0.15, 0.2) is 49.1 Å². The molecule has 0 unspecified atom stereocenters. The van der Waals surface area contributed by atoms with Gasteiger partial charge in [0.25, 0.3) is 0 Å². The summed E-state index contributed by atoms with van der Waals surface area (Å²) in [6.07, 6.45) is 10.6. The lowest BCUT2D eigenvalue weighted by Crippen LogP contribution is -2.54. The molecule has 2 bridgehead atoms. The highest BCUT2D eigenvalue weighted by atomic mass is 16.5. The number of hydrogen-bond donors (Lipinski definition) is 0. The molecule has 3 saturated heterocycles. The van der Waals surface area contributed by atoms with Crippen molar-refractivity contribution in [1.82, 2.24) is 24.8 Å². The van der Waals surface area contributed by atoms with Gasteiger partial charge < -0.3 is 14.5 Å². The SMILES string of the molecule is Cc1cnc(CN2C[C@]34C=C[C@H](O3)[C@H](C(=O)N3CC(c5cccnc5)C3)[C@H]4C2=O)cn1. The predicted molar refractivity (Wildman–Crippen MR) is 109 cm³/mol. The van der Waals surface area contributed by atoms with Gasteiger partial charge in [-0.15, -0.1) is 0 Å². The summed E-state index contributed by atoms with van der Waals surface area (Å²) in [6.45, 7) is 4.02. The Morgan fingerprint density at radius 2 is 2.13 bits per heavy atom. The smallest absolute Gasteiger partial charge is 0.230 e. The number of rotatable bonds is 4. The Kier molecular flexibility index (Phi) is 4.02. The molecule has 0 aromatic carbocycles. The van der Waals surface area contributed by atoms with Crippen molar-refractivity contribution in [3.05, 3.63) is 66.0 Å². The molecule has 0 N–H and O–H groups in total. The summed E-state index contributed by atoms with van der Waals surface area (Å²) >= 11 is 0. The zero-order valence-corrected chi connectivity index (χ0v) is 17.2. The van der Waals surface area contributed by atoms with Gasteiger partial charge in [0.15, 0.2) is 0 Å². The second kappa shape index (κ2) is 6.68. The predicted octanol–water partition coefficient (Wildman–Crippen LogP) is 1.09. The van der Waals surface area contributed by atoms with Crippen molar-refractivity contribution in [2.24, 2.45) is 11.8 Å². The van der Waals surface area contributed by atoms with Crippen molar-refractivity contribution in [2.75, 3.05) is 19.6 Å². The molecule has 0 aliphatic carbocycles. The maximum Gasteiger partial charge on any atom is 0.230 e. The first-order valence-corrected chi connectivity index (χ1v) is 10.7. The van der Waals surface area contributed by atoms with Crippen LogP contribution in [0.5, 0.6) is 0 Å². The Labute approximate surface area is 179 Å². The van der Waals surface area contributed by atoms with E-state index in [1.54, 1.807) is 23.5 Å². The molecule has 0 saturated carbocycles. The number of nitrogens with zero attached hydrogens (tertiary/aromatic N) is 5.